The quantitative estimate of drug-likeness (QED) is 0.282. The number of cyclic esters (lactones) is 1. The zero-order valence-electron chi connectivity index (χ0n) is 20.0. The number of nitrogens with zero attached hydrogens (tertiary/aromatic N) is 2. The van der Waals surface area contributed by atoms with Crippen molar-refractivity contribution < 1.29 is 72.9 Å². The molecule has 2 aliphatic heterocycles. The molecule has 2 heterocycles. The van der Waals surface area contributed by atoms with Crippen molar-refractivity contribution in [3.8, 4) is 0 Å². The van der Waals surface area contributed by atoms with Crippen LogP contribution in [0.2, 0.25) is 0 Å². The van der Waals surface area contributed by atoms with E-state index in [4.69, 9.17) is 14.3 Å². The van der Waals surface area contributed by atoms with Gasteiger partial charge >= 0.3 is 41.6 Å². The summed E-state index contributed by atoms with van der Waals surface area (Å²) in [5.41, 5.74) is -1.36. The average molecular weight is 519 g/mol. The number of ether oxygens (including phenoxy) is 2. The van der Waals surface area contributed by atoms with Gasteiger partial charge < -0.3 is 24.7 Å². The van der Waals surface area contributed by atoms with Crippen molar-refractivity contribution in [2.45, 2.75) is 31.2 Å². The topological polar surface area (TPSA) is 155 Å². The number of hydroxylamine groups is 2. The van der Waals surface area contributed by atoms with Gasteiger partial charge in [-0.05, 0) is 17.7 Å². The summed E-state index contributed by atoms with van der Waals surface area (Å²) < 4.78 is 10.0. The molecular formula is C24H22N3NaO9. The van der Waals surface area contributed by atoms with E-state index in [9.17, 15) is 29.1 Å². The number of benzene rings is 2. The SMILES string of the molecule is O=C1CCC(C(=O)[O-])(N2OC[C@H](N(C(=O)CNC(=O)OCc3ccccc3)c3ccccc3)C2=O)O1.[Na+]. The number of alkyl carbamates (subject to hydrolysis) is 1. The Morgan fingerprint density at radius 1 is 1.08 bits per heavy atom. The van der Waals surface area contributed by atoms with Gasteiger partial charge in [0.15, 0.2) is 0 Å². The molecule has 2 atom stereocenters. The molecule has 0 bridgehead atoms. The third-order valence-corrected chi connectivity index (χ3v) is 5.66. The summed E-state index contributed by atoms with van der Waals surface area (Å²) in [6.45, 7) is -0.936. The second-order valence-electron chi connectivity index (χ2n) is 8.00. The van der Waals surface area contributed by atoms with Crippen LogP contribution < -0.4 is 44.9 Å². The largest absolute Gasteiger partial charge is 1.00 e. The standard InChI is InChI=1S/C24H23N3O9.Na/c28-19(13-25-23(33)34-14-16-7-3-1-4-8-16)26(17-9-5-2-6-10-17)18-15-35-27(21(18)30)24(22(31)32)12-11-20(29)36-24;/h1-10,18H,11-15H2,(H,25,33)(H,31,32);/q;+1/p-1/t18-,24?;/m0./s1. The molecule has 2 aromatic rings. The van der Waals surface area contributed by atoms with Crippen LogP contribution in [0.4, 0.5) is 10.5 Å². The summed E-state index contributed by atoms with van der Waals surface area (Å²) in [5, 5.41) is 14.6. The Kier molecular flexibility index (Phi) is 9.27. The van der Waals surface area contributed by atoms with Crippen LogP contribution in [0, 0.1) is 0 Å². The molecule has 37 heavy (non-hydrogen) atoms. The van der Waals surface area contributed by atoms with Crippen LogP contribution in [0.5, 0.6) is 0 Å². The van der Waals surface area contributed by atoms with Crippen LogP contribution in [0.25, 0.3) is 0 Å². The number of carbonyl (C=O) groups excluding carboxylic acids is 5. The number of esters is 1. The molecule has 2 aromatic carbocycles. The van der Waals surface area contributed by atoms with E-state index in [0.717, 1.165) is 10.5 Å². The van der Waals surface area contributed by atoms with Crippen molar-refractivity contribution in [3.63, 3.8) is 0 Å². The third kappa shape index (κ3) is 6.10. The first-order chi connectivity index (χ1) is 17.3. The number of hydrogen-bond donors (Lipinski definition) is 1. The molecule has 2 aliphatic rings. The number of para-hydroxylation sites is 1. The van der Waals surface area contributed by atoms with Crippen LogP contribution in [0.1, 0.15) is 18.4 Å². The molecule has 12 nitrogen and oxygen atoms in total. The summed E-state index contributed by atoms with van der Waals surface area (Å²) in [5.74, 6) is -4.25. The Morgan fingerprint density at radius 2 is 1.73 bits per heavy atom. The molecule has 0 spiro atoms. The summed E-state index contributed by atoms with van der Waals surface area (Å²) in [4.78, 5) is 68.4. The Hall–Kier alpha value is -3.45. The first kappa shape index (κ1) is 28.1. The maximum Gasteiger partial charge on any atom is 1.00 e. The number of rotatable bonds is 8. The summed E-state index contributed by atoms with van der Waals surface area (Å²) in [6, 6.07) is 15.7. The van der Waals surface area contributed by atoms with Crippen molar-refractivity contribution in [2.24, 2.45) is 0 Å². The first-order valence-corrected chi connectivity index (χ1v) is 11.0. The zero-order valence-corrected chi connectivity index (χ0v) is 22.0. The molecule has 0 saturated carbocycles. The zero-order chi connectivity index (χ0) is 25.7. The molecule has 2 saturated heterocycles. The monoisotopic (exact) mass is 519 g/mol. The summed E-state index contributed by atoms with van der Waals surface area (Å²) >= 11 is 0. The molecule has 4 rings (SSSR count). The van der Waals surface area contributed by atoms with Gasteiger partial charge in [-0.15, -0.1) is 0 Å². The van der Waals surface area contributed by atoms with Gasteiger partial charge in [0.2, 0.25) is 5.91 Å². The van der Waals surface area contributed by atoms with Gasteiger partial charge in [-0.2, -0.15) is 5.06 Å². The second kappa shape index (κ2) is 12.2. The minimum absolute atomic E-state index is 0. The van der Waals surface area contributed by atoms with Crippen molar-refractivity contribution in [2.75, 3.05) is 18.1 Å². The van der Waals surface area contributed by atoms with Crippen LogP contribution in [-0.4, -0.2) is 59.8 Å². The fourth-order valence-electron chi connectivity index (χ4n) is 3.91. The number of carboxylic acid groups (broad SMARTS) is 1. The minimum atomic E-state index is -2.42. The molecule has 2 fully saturated rings. The van der Waals surface area contributed by atoms with Gasteiger partial charge in [0, 0.05) is 12.1 Å². The summed E-state index contributed by atoms with van der Waals surface area (Å²) in [7, 11) is 0. The Bertz CT molecular complexity index is 1160. The third-order valence-electron chi connectivity index (χ3n) is 5.66. The van der Waals surface area contributed by atoms with E-state index in [1.165, 1.54) is 0 Å². The molecule has 1 N–H and O–H groups in total. The average Bonchev–Trinajstić information content (AvgIpc) is 3.46. The molecule has 1 unspecified atom stereocenters. The second-order valence-corrected chi connectivity index (χ2v) is 8.00. The maximum atomic E-state index is 13.2. The molecule has 0 aromatic heterocycles. The molecule has 0 aliphatic carbocycles. The summed E-state index contributed by atoms with van der Waals surface area (Å²) in [6.07, 6.45) is -1.45. The number of nitrogens with one attached hydrogen (secondary N) is 1. The van der Waals surface area contributed by atoms with E-state index < -0.39 is 54.8 Å². The van der Waals surface area contributed by atoms with Gasteiger partial charge in [0.25, 0.3) is 11.6 Å². The predicted molar refractivity (Wildman–Crippen MR) is 118 cm³/mol. The van der Waals surface area contributed by atoms with Crippen molar-refractivity contribution in [1.29, 1.82) is 0 Å². The Morgan fingerprint density at radius 3 is 2.32 bits per heavy atom. The normalized spacial score (nSPS) is 20.5. The molecule has 13 heteroatoms. The minimum Gasteiger partial charge on any atom is -0.544 e. The molecule has 0 radical (unpaired) electrons. The van der Waals surface area contributed by atoms with E-state index in [2.05, 4.69) is 5.32 Å². The van der Waals surface area contributed by atoms with Gasteiger partial charge in [-0.3, -0.25) is 24.1 Å². The van der Waals surface area contributed by atoms with E-state index >= 15 is 0 Å². The van der Waals surface area contributed by atoms with Crippen molar-refractivity contribution in [1.82, 2.24) is 10.4 Å². The first-order valence-electron chi connectivity index (χ1n) is 11.0. The van der Waals surface area contributed by atoms with Crippen LogP contribution >= 0.6 is 0 Å². The Balaban J connectivity index is 0.00000380. The number of carboxylic acids is 1. The van der Waals surface area contributed by atoms with Crippen LogP contribution in [0.3, 0.4) is 0 Å². The molecule has 3 amide bonds. The fourth-order valence-corrected chi connectivity index (χ4v) is 3.91. The van der Waals surface area contributed by atoms with Gasteiger partial charge in [0.05, 0.1) is 6.42 Å². The van der Waals surface area contributed by atoms with E-state index in [1.807, 2.05) is 6.07 Å². The number of anilines is 1. The van der Waals surface area contributed by atoms with Crippen molar-refractivity contribution >= 4 is 35.5 Å². The van der Waals surface area contributed by atoms with E-state index in [1.54, 1.807) is 54.6 Å². The maximum absolute atomic E-state index is 13.2. The Labute approximate surface area is 233 Å². The fraction of sp³-hybridized carbons (Fsp3) is 0.292. The van der Waals surface area contributed by atoms with E-state index in [-0.39, 0.29) is 49.0 Å². The predicted octanol–water partition coefficient (Wildman–Crippen LogP) is -3.12. The van der Waals surface area contributed by atoms with Gasteiger partial charge in [-0.1, -0.05) is 48.5 Å². The van der Waals surface area contributed by atoms with E-state index in [0.29, 0.717) is 10.8 Å². The number of carbonyl (C=O) groups is 5. The smallest absolute Gasteiger partial charge is 0.544 e. The van der Waals surface area contributed by atoms with Gasteiger partial charge in [0.1, 0.15) is 31.8 Å². The van der Waals surface area contributed by atoms with Crippen LogP contribution in [-0.2, 0) is 40.1 Å². The number of hydrogen-bond acceptors (Lipinski definition) is 9. The molecule has 188 valence electrons. The number of aliphatic carboxylic acids is 1. The van der Waals surface area contributed by atoms with Crippen molar-refractivity contribution in [3.05, 3.63) is 66.2 Å². The van der Waals surface area contributed by atoms with Crippen LogP contribution in [0.15, 0.2) is 60.7 Å². The van der Waals surface area contributed by atoms with Gasteiger partial charge in [-0.25, -0.2) is 4.79 Å². The number of amides is 3. The molecular weight excluding hydrogens is 497 g/mol.